The van der Waals surface area contributed by atoms with Gasteiger partial charge in [0, 0.05) is 0 Å². The Hall–Kier alpha value is -2.44. The predicted molar refractivity (Wildman–Crippen MR) is 92.8 cm³/mol. The highest BCUT2D eigenvalue weighted by Gasteiger charge is 2.11. The molecule has 3 aromatic heterocycles. The lowest BCUT2D eigenvalue weighted by atomic mass is 10.3. The first-order chi connectivity index (χ1) is 11.3. The molecule has 114 valence electrons. The van der Waals surface area contributed by atoms with E-state index in [1.807, 2.05) is 47.8 Å². The van der Waals surface area contributed by atoms with Gasteiger partial charge in [0.25, 0.3) is 5.91 Å². The number of carbonyl (C=O) groups excluding carboxylic acids is 1. The Morgan fingerprint density at radius 1 is 1.13 bits per heavy atom. The number of aromatic nitrogens is 1. The largest absolute Gasteiger partial charge is 0.457 e. The highest BCUT2D eigenvalue weighted by molar-refractivity contribution is 7.21. The van der Waals surface area contributed by atoms with Gasteiger partial charge in [0.2, 0.25) is 0 Å². The van der Waals surface area contributed by atoms with Gasteiger partial charge in [0.15, 0.2) is 10.8 Å². The highest BCUT2D eigenvalue weighted by Crippen LogP contribution is 2.31. The fraction of sp³-hybridized carbons (Fsp3) is 0.0588. The Morgan fingerprint density at radius 2 is 2.04 bits per heavy atom. The molecule has 1 aromatic carbocycles. The van der Waals surface area contributed by atoms with Crippen molar-refractivity contribution < 1.29 is 9.21 Å². The summed E-state index contributed by atoms with van der Waals surface area (Å²) in [4.78, 5) is 17.2. The fourth-order valence-electron chi connectivity index (χ4n) is 2.23. The zero-order valence-electron chi connectivity index (χ0n) is 12.0. The summed E-state index contributed by atoms with van der Waals surface area (Å²) in [5, 5.41) is 5.58. The number of amides is 1. The number of fused-ring (bicyclic) bond motifs is 1. The van der Waals surface area contributed by atoms with Crippen molar-refractivity contribution in [2.45, 2.75) is 6.54 Å². The number of thiazole rings is 1. The van der Waals surface area contributed by atoms with E-state index in [-0.39, 0.29) is 5.91 Å². The Labute approximate surface area is 140 Å². The first kappa shape index (κ1) is 14.2. The molecule has 1 N–H and O–H groups in total. The van der Waals surface area contributed by atoms with Gasteiger partial charge >= 0.3 is 0 Å². The second kappa shape index (κ2) is 5.98. The molecule has 4 rings (SSSR count). The van der Waals surface area contributed by atoms with Crippen molar-refractivity contribution in [3.05, 3.63) is 64.5 Å². The Bertz CT molecular complexity index is 921. The molecule has 4 nitrogen and oxygen atoms in total. The SMILES string of the molecule is O=C(NCc1ccc(-c2nc3ccccc3s2)o1)c1cccs1. The monoisotopic (exact) mass is 340 g/mol. The summed E-state index contributed by atoms with van der Waals surface area (Å²) in [6, 6.07) is 15.4. The van der Waals surface area contributed by atoms with Gasteiger partial charge in [0.1, 0.15) is 5.76 Å². The van der Waals surface area contributed by atoms with E-state index >= 15 is 0 Å². The second-order valence-corrected chi connectivity index (χ2v) is 6.89. The summed E-state index contributed by atoms with van der Waals surface area (Å²) in [5.74, 6) is 1.36. The van der Waals surface area contributed by atoms with Crippen molar-refractivity contribution in [3.8, 4) is 10.8 Å². The number of thiophene rings is 1. The molecule has 23 heavy (non-hydrogen) atoms. The number of hydrogen-bond acceptors (Lipinski definition) is 5. The van der Waals surface area contributed by atoms with Crippen molar-refractivity contribution in [2.24, 2.45) is 0 Å². The molecular weight excluding hydrogens is 328 g/mol. The van der Waals surface area contributed by atoms with Crippen LogP contribution in [0.5, 0.6) is 0 Å². The maximum atomic E-state index is 11.9. The van der Waals surface area contributed by atoms with Gasteiger partial charge in [-0.25, -0.2) is 4.98 Å². The molecular formula is C17H12N2O2S2. The normalized spacial score (nSPS) is 11.0. The lowest BCUT2D eigenvalue weighted by Gasteiger charge is -2.00. The minimum absolute atomic E-state index is 0.0852. The number of carbonyl (C=O) groups is 1. The summed E-state index contributed by atoms with van der Waals surface area (Å²) in [6.45, 7) is 0.363. The quantitative estimate of drug-likeness (QED) is 0.593. The van der Waals surface area contributed by atoms with Crippen molar-refractivity contribution in [3.63, 3.8) is 0 Å². The van der Waals surface area contributed by atoms with Crippen LogP contribution in [0.2, 0.25) is 0 Å². The summed E-state index contributed by atoms with van der Waals surface area (Å²) in [5.41, 5.74) is 0.969. The van der Waals surface area contributed by atoms with Gasteiger partial charge in [-0.3, -0.25) is 4.79 Å². The van der Waals surface area contributed by atoms with Gasteiger partial charge in [-0.2, -0.15) is 0 Å². The van der Waals surface area contributed by atoms with Crippen LogP contribution in [0.25, 0.3) is 21.0 Å². The van der Waals surface area contributed by atoms with E-state index in [0.29, 0.717) is 17.2 Å². The second-order valence-electron chi connectivity index (χ2n) is 4.91. The average Bonchev–Trinajstić information content (AvgIpc) is 3.31. The van der Waals surface area contributed by atoms with Gasteiger partial charge in [-0.15, -0.1) is 22.7 Å². The molecule has 0 aliphatic heterocycles. The first-order valence-corrected chi connectivity index (χ1v) is 8.75. The standard InChI is InChI=1S/C17H12N2O2S2/c20-16(15-6-3-9-22-15)18-10-11-7-8-13(21-11)17-19-12-4-1-2-5-14(12)23-17/h1-9H,10H2,(H,18,20). The molecule has 0 bridgehead atoms. The van der Waals surface area contributed by atoms with Crippen molar-refractivity contribution in [1.29, 1.82) is 0 Å². The maximum Gasteiger partial charge on any atom is 0.261 e. The van der Waals surface area contributed by atoms with Gasteiger partial charge in [0.05, 0.1) is 21.6 Å². The topological polar surface area (TPSA) is 55.1 Å². The minimum atomic E-state index is -0.0852. The van der Waals surface area contributed by atoms with Crippen LogP contribution in [0.15, 0.2) is 58.3 Å². The molecule has 0 atom stereocenters. The molecule has 0 saturated heterocycles. The van der Waals surface area contributed by atoms with Gasteiger partial charge in [-0.1, -0.05) is 18.2 Å². The van der Waals surface area contributed by atoms with E-state index in [2.05, 4.69) is 10.3 Å². The third kappa shape index (κ3) is 2.91. The van der Waals surface area contributed by atoms with Crippen LogP contribution in [0.4, 0.5) is 0 Å². The van der Waals surface area contributed by atoms with E-state index in [4.69, 9.17) is 4.42 Å². The smallest absolute Gasteiger partial charge is 0.261 e. The molecule has 0 aliphatic carbocycles. The summed E-state index contributed by atoms with van der Waals surface area (Å²) in [6.07, 6.45) is 0. The number of hydrogen-bond donors (Lipinski definition) is 1. The highest BCUT2D eigenvalue weighted by atomic mass is 32.1. The summed E-state index contributed by atoms with van der Waals surface area (Å²) >= 11 is 3.02. The average molecular weight is 340 g/mol. The van der Waals surface area contributed by atoms with Crippen LogP contribution >= 0.6 is 22.7 Å². The summed E-state index contributed by atoms with van der Waals surface area (Å²) in [7, 11) is 0. The van der Waals surface area contributed by atoms with Crippen LogP contribution in [0.3, 0.4) is 0 Å². The van der Waals surface area contributed by atoms with E-state index in [1.54, 1.807) is 17.4 Å². The number of nitrogens with one attached hydrogen (secondary N) is 1. The molecule has 3 heterocycles. The lowest BCUT2D eigenvalue weighted by molar-refractivity contribution is 0.0952. The number of nitrogens with zero attached hydrogens (tertiary/aromatic N) is 1. The molecule has 1 amide bonds. The van der Waals surface area contributed by atoms with Gasteiger partial charge < -0.3 is 9.73 Å². The van der Waals surface area contributed by atoms with E-state index in [9.17, 15) is 4.79 Å². The molecule has 0 unspecified atom stereocenters. The molecule has 0 radical (unpaired) electrons. The lowest BCUT2D eigenvalue weighted by Crippen LogP contribution is -2.21. The summed E-state index contributed by atoms with van der Waals surface area (Å²) < 4.78 is 6.93. The zero-order valence-corrected chi connectivity index (χ0v) is 13.6. The van der Waals surface area contributed by atoms with Crippen LogP contribution in [0.1, 0.15) is 15.4 Å². The molecule has 0 saturated carbocycles. The third-order valence-corrected chi connectivity index (χ3v) is 5.25. The van der Waals surface area contributed by atoms with Crippen molar-refractivity contribution in [2.75, 3.05) is 0 Å². The van der Waals surface area contributed by atoms with Gasteiger partial charge in [-0.05, 0) is 35.7 Å². The van der Waals surface area contributed by atoms with Crippen LogP contribution in [-0.4, -0.2) is 10.9 Å². The maximum absolute atomic E-state index is 11.9. The zero-order chi connectivity index (χ0) is 15.6. The van der Waals surface area contributed by atoms with E-state index in [1.165, 1.54) is 11.3 Å². The van der Waals surface area contributed by atoms with E-state index in [0.717, 1.165) is 21.0 Å². The minimum Gasteiger partial charge on any atom is -0.457 e. The Balaban J connectivity index is 1.49. The van der Waals surface area contributed by atoms with Crippen LogP contribution in [0, 0.1) is 0 Å². The first-order valence-electron chi connectivity index (χ1n) is 7.06. The van der Waals surface area contributed by atoms with E-state index < -0.39 is 0 Å². The van der Waals surface area contributed by atoms with Crippen LogP contribution in [-0.2, 0) is 6.54 Å². The Morgan fingerprint density at radius 3 is 2.87 bits per heavy atom. The molecule has 0 spiro atoms. The number of rotatable bonds is 4. The number of benzene rings is 1. The number of para-hydroxylation sites is 1. The number of furan rings is 1. The van der Waals surface area contributed by atoms with Crippen LogP contribution < -0.4 is 5.32 Å². The molecule has 0 fully saturated rings. The molecule has 6 heteroatoms. The van der Waals surface area contributed by atoms with Crippen molar-refractivity contribution >= 4 is 38.8 Å². The predicted octanol–water partition coefficient (Wildman–Crippen LogP) is 4.55. The fourth-order valence-corrected chi connectivity index (χ4v) is 3.80. The Kier molecular flexibility index (Phi) is 3.69. The molecule has 0 aliphatic rings. The molecule has 4 aromatic rings. The third-order valence-electron chi connectivity index (χ3n) is 3.33. The van der Waals surface area contributed by atoms with Crippen molar-refractivity contribution in [1.82, 2.24) is 10.3 Å².